The predicted molar refractivity (Wildman–Crippen MR) is 85.9 cm³/mol. The lowest BCUT2D eigenvalue weighted by Gasteiger charge is -2.21. The van der Waals surface area contributed by atoms with Gasteiger partial charge in [-0.15, -0.1) is 0 Å². The molecule has 0 aromatic heterocycles. The standard InChI is InChI=1S/C15H19Br2NO/c1-10-7-8-11(9-13(10)17)15(19)18-14-6-4-2-3-5-12(14)16/h7-9,12,14H,2-6H2,1H3,(H,18,19). The number of alkyl halides is 1. The van der Waals surface area contributed by atoms with Gasteiger partial charge in [-0.3, -0.25) is 4.79 Å². The summed E-state index contributed by atoms with van der Waals surface area (Å²) in [5.41, 5.74) is 1.87. The number of halogens is 2. The zero-order valence-electron chi connectivity index (χ0n) is 11.1. The van der Waals surface area contributed by atoms with Crippen LogP contribution in [0.5, 0.6) is 0 Å². The molecule has 0 radical (unpaired) electrons. The van der Waals surface area contributed by atoms with Crippen LogP contribution in [0.25, 0.3) is 0 Å². The Labute approximate surface area is 131 Å². The first-order chi connectivity index (χ1) is 9.08. The third-order valence-corrected chi connectivity index (χ3v) is 5.63. The number of benzene rings is 1. The highest BCUT2D eigenvalue weighted by molar-refractivity contribution is 9.10. The van der Waals surface area contributed by atoms with Crippen LogP contribution in [0.15, 0.2) is 22.7 Å². The van der Waals surface area contributed by atoms with Crippen LogP contribution in [-0.4, -0.2) is 16.8 Å². The van der Waals surface area contributed by atoms with Crippen LogP contribution in [0.3, 0.4) is 0 Å². The average molecular weight is 389 g/mol. The van der Waals surface area contributed by atoms with Gasteiger partial charge in [-0.05, 0) is 37.5 Å². The largest absolute Gasteiger partial charge is 0.348 e. The van der Waals surface area contributed by atoms with Crippen molar-refractivity contribution in [1.29, 1.82) is 0 Å². The monoisotopic (exact) mass is 387 g/mol. The first kappa shape index (κ1) is 15.0. The topological polar surface area (TPSA) is 29.1 Å². The van der Waals surface area contributed by atoms with Crippen molar-refractivity contribution in [3.05, 3.63) is 33.8 Å². The first-order valence-corrected chi connectivity index (χ1v) is 8.50. The highest BCUT2D eigenvalue weighted by Crippen LogP contribution is 2.24. The van der Waals surface area contributed by atoms with Gasteiger partial charge in [-0.1, -0.05) is 57.2 Å². The Hall–Kier alpha value is -0.350. The van der Waals surface area contributed by atoms with E-state index in [2.05, 4.69) is 37.2 Å². The molecule has 0 heterocycles. The van der Waals surface area contributed by atoms with Crippen LogP contribution in [0.2, 0.25) is 0 Å². The summed E-state index contributed by atoms with van der Waals surface area (Å²) in [5, 5.41) is 3.16. The number of amides is 1. The van der Waals surface area contributed by atoms with Crippen molar-refractivity contribution < 1.29 is 4.79 Å². The minimum Gasteiger partial charge on any atom is -0.348 e. The minimum absolute atomic E-state index is 0.0250. The maximum absolute atomic E-state index is 12.3. The number of carbonyl (C=O) groups excluding carboxylic acids is 1. The first-order valence-electron chi connectivity index (χ1n) is 6.79. The molecule has 2 nitrogen and oxygen atoms in total. The van der Waals surface area contributed by atoms with Crippen LogP contribution in [-0.2, 0) is 0 Å². The third-order valence-electron chi connectivity index (χ3n) is 3.68. The van der Waals surface area contributed by atoms with Gasteiger partial charge in [0.25, 0.3) is 5.91 Å². The lowest BCUT2D eigenvalue weighted by atomic mass is 10.1. The van der Waals surface area contributed by atoms with Crippen molar-refractivity contribution in [1.82, 2.24) is 5.32 Å². The van der Waals surface area contributed by atoms with Crippen molar-refractivity contribution in [2.75, 3.05) is 0 Å². The molecule has 1 fully saturated rings. The fourth-order valence-corrected chi connectivity index (χ4v) is 3.51. The molecule has 2 unspecified atom stereocenters. The van der Waals surface area contributed by atoms with Crippen LogP contribution < -0.4 is 5.32 Å². The summed E-state index contributed by atoms with van der Waals surface area (Å²) in [6, 6.07) is 5.99. The van der Waals surface area contributed by atoms with Crippen LogP contribution in [0, 0.1) is 6.92 Å². The molecule has 0 aliphatic heterocycles. The van der Waals surface area contributed by atoms with Crippen molar-refractivity contribution in [2.45, 2.75) is 49.9 Å². The molecule has 2 atom stereocenters. The van der Waals surface area contributed by atoms with E-state index >= 15 is 0 Å². The highest BCUT2D eigenvalue weighted by atomic mass is 79.9. The summed E-state index contributed by atoms with van der Waals surface area (Å²) >= 11 is 7.18. The van der Waals surface area contributed by atoms with Gasteiger partial charge < -0.3 is 5.32 Å². The SMILES string of the molecule is Cc1ccc(C(=O)NC2CCCCCC2Br)cc1Br. The van der Waals surface area contributed by atoms with Gasteiger partial charge in [0, 0.05) is 20.9 Å². The van der Waals surface area contributed by atoms with Crippen LogP contribution >= 0.6 is 31.9 Å². The zero-order valence-corrected chi connectivity index (χ0v) is 14.3. The summed E-state index contributed by atoms with van der Waals surface area (Å²) in [7, 11) is 0. The van der Waals surface area contributed by atoms with Gasteiger partial charge in [0.15, 0.2) is 0 Å². The quantitative estimate of drug-likeness (QED) is 0.582. The van der Waals surface area contributed by atoms with Crippen LogP contribution in [0.4, 0.5) is 0 Å². The van der Waals surface area contributed by atoms with E-state index in [4.69, 9.17) is 0 Å². The van der Waals surface area contributed by atoms with Crippen LogP contribution in [0.1, 0.15) is 48.0 Å². The van der Waals surface area contributed by atoms with Crippen molar-refractivity contribution >= 4 is 37.8 Å². The Morgan fingerprint density at radius 3 is 2.74 bits per heavy atom. The lowest BCUT2D eigenvalue weighted by Crippen LogP contribution is -2.40. The Kier molecular flexibility index (Phi) is 5.46. The number of hydrogen-bond acceptors (Lipinski definition) is 1. The summed E-state index contributed by atoms with van der Waals surface area (Å²) < 4.78 is 0.983. The molecule has 0 bridgehead atoms. The number of nitrogens with one attached hydrogen (secondary N) is 1. The summed E-state index contributed by atoms with van der Waals surface area (Å²) in [4.78, 5) is 12.7. The molecule has 1 aromatic carbocycles. The molecule has 1 amide bonds. The molecule has 1 aromatic rings. The van der Waals surface area contributed by atoms with E-state index in [1.165, 1.54) is 19.3 Å². The molecule has 1 saturated carbocycles. The second-order valence-corrected chi connectivity index (χ2v) is 7.23. The number of hydrogen-bond donors (Lipinski definition) is 1. The molecule has 2 rings (SSSR count). The van der Waals surface area contributed by atoms with E-state index in [0.29, 0.717) is 4.83 Å². The zero-order chi connectivity index (χ0) is 13.8. The Balaban J connectivity index is 2.05. The van der Waals surface area contributed by atoms with Gasteiger partial charge >= 0.3 is 0 Å². The molecule has 1 N–H and O–H groups in total. The maximum atomic E-state index is 12.3. The summed E-state index contributed by atoms with van der Waals surface area (Å²) in [5.74, 6) is 0.0250. The lowest BCUT2D eigenvalue weighted by molar-refractivity contribution is 0.0935. The molecule has 1 aliphatic rings. The number of carbonyl (C=O) groups is 1. The smallest absolute Gasteiger partial charge is 0.251 e. The van der Waals surface area contributed by atoms with E-state index in [0.717, 1.165) is 28.4 Å². The molecule has 19 heavy (non-hydrogen) atoms. The molecule has 0 saturated heterocycles. The molecule has 104 valence electrons. The third kappa shape index (κ3) is 4.06. The highest BCUT2D eigenvalue weighted by Gasteiger charge is 2.23. The predicted octanol–water partition coefficient (Wildman–Crippen LogP) is 4.58. The molecular weight excluding hydrogens is 370 g/mol. The van der Waals surface area contributed by atoms with Gasteiger partial charge in [0.1, 0.15) is 0 Å². The van der Waals surface area contributed by atoms with E-state index in [-0.39, 0.29) is 11.9 Å². The van der Waals surface area contributed by atoms with Gasteiger partial charge in [0.2, 0.25) is 0 Å². The number of aryl methyl sites for hydroxylation is 1. The second-order valence-electron chi connectivity index (χ2n) is 5.20. The minimum atomic E-state index is 0.0250. The normalized spacial score (nSPS) is 23.7. The van der Waals surface area contributed by atoms with Gasteiger partial charge in [-0.2, -0.15) is 0 Å². The van der Waals surface area contributed by atoms with Crippen molar-refractivity contribution in [3.8, 4) is 0 Å². The Morgan fingerprint density at radius 1 is 1.26 bits per heavy atom. The van der Waals surface area contributed by atoms with Crippen molar-refractivity contribution in [2.24, 2.45) is 0 Å². The molecule has 0 spiro atoms. The summed E-state index contributed by atoms with van der Waals surface area (Å²) in [6.07, 6.45) is 5.92. The Morgan fingerprint density at radius 2 is 2.00 bits per heavy atom. The Bertz CT molecular complexity index is 461. The second kappa shape index (κ2) is 6.89. The fourth-order valence-electron chi connectivity index (χ4n) is 2.41. The summed E-state index contributed by atoms with van der Waals surface area (Å²) in [6.45, 7) is 2.02. The number of rotatable bonds is 2. The maximum Gasteiger partial charge on any atom is 0.251 e. The molecule has 4 heteroatoms. The van der Waals surface area contributed by atoms with E-state index in [9.17, 15) is 4.79 Å². The average Bonchev–Trinajstić information content (AvgIpc) is 2.58. The van der Waals surface area contributed by atoms with E-state index in [1.807, 2.05) is 25.1 Å². The van der Waals surface area contributed by atoms with Gasteiger partial charge in [-0.25, -0.2) is 0 Å². The van der Waals surface area contributed by atoms with E-state index in [1.54, 1.807) is 0 Å². The fraction of sp³-hybridized carbons (Fsp3) is 0.533. The molecule has 1 aliphatic carbocycles. The van der Waals surface area contributed by atoms with E-state index < -0.39 is 0 Å². The molecular formula is C15H19Br2NO. The van der Waals surface area contributed by atoms with Gasteiger partial charge in [0.05, 0.1) is 0 Å². The van der Waals surface area contributed by atoms with Crippen molar-refractivity contribution in [3.63, 3.8) is 0 Å².